The third-order valence-corrected chi connectivity index (χ3v) is 5.04. The fraction of sp³-hybridized carbons (Fsp3) is 0.269. The molecule has 0 unspecified atom stereocenters. The van der Waals surface area contributed by atoms with Crippen molar-refractivity contribution in [2.75, 3.05) is 5.32 Å². The average molecular weight is 457 g/mol. The number of alkyl halides is 3. The van der Waals surface area contributed by atoms with Crippen molar-refractivity contribution in [3.05, 3.63) is 94.5 Å². The van der Waals surface area contributed by atoms with Gasteiger partial charge in [-0.1, -0.05) is 44.2 Å². The number of hydrogen-bond acceptors (Lipinski definition) is 3. The molecule has 2 N–H and O–H groups in total. The van der Waals surface area contributed by atoms with Crippen LogP contribution in [0.5, 0.6) is 5.75 Å². The maximum Gasteiger partial charge on any atom is 0.416 e. The number of aromatic carboxylic acids is 1. The van der Waals surface area contributed by atoms with Gasteiger partial charge in [-0.05, 0) is 65.4 Å². The van der Waals surface area contributed by atoms with Crippen LogP contribution in [0, 0.1) is 5.92 Å². The number of hydrogen-bond donors (Lipinski definition) is 2. The van der Waals surface area contributed by atoms with E-state index in [1.54, 1.807) is 36.4 Å². The number of rotatable bonds is 9. The van der Waals surface area contributed by atoms with E-state index >= 15 is 0 Å². The Labute approximate surface area is 191 Å². The lowest BCUT2D eigenvalue weighted by molar-refractivity contribution is -0.138. The molecule has 0 aliphatic carbocycles. The Balaban J connectivity index is 1.60. The van der Waals surface area contributed by atoms with Crippen LogP contribution >= 0.6 is 0 Å². The highest BCUT2D eigenvalue weighted by molar-refractivity contribution is 5.88. The highest BCUT2D eigenvalue weighted by atomic mass is 19.4. The van der Waals surface area contributed by atoms with Crippen molar-refractivity contribution in [1.82, 2.24) is 0 Å². The van der Waals surface area contributed by atoms with Gasteiger partial charge in [0.25, 0.3) is 0 Å². The van der Waals surface area contributed by atoms with Crippen LogP contribution in [0.15, 0.2) is 66.7 Å². The summed E-state index contributed by atoms with van der Waals surface area (Å²) in [5, 5.41) is 12.2. The smallest absolute Gasteiger partial charge is 0.416 e. The average Bonchev–Trinajstić information content (AvgIpc) is 2.77. The second-order valence-electron chi connectivity index (χ2n) is 8.26. The summed E-state index contributed by atoms with van der Waals surface area (Å²) in [7, 11) is 0. The van der Waals surface area contributed by atoms with Gasteiger partial charge in [0.05, 0.1) is 11.1 Å². The Morgan fingerprint density at radius 3 is 2.33 bits per heavy atom. The summed E-state index contributed by atoms with van der Waals surface area (Å²) >= 11 is 0. The maximum absolute atomic E-state index is 13.5. The summed E-state index contributed by atoms with van der Waals surface area (Å²) in [5.74, 6) is -0.314. The minimum atomic E-state index is -4.40. The number of anilines is 1. The molecule has 0 amide bonds. The van der Waals surface area contributed by atoms with Crippen LogP contribution in [0.1, 0.15) is 46.5 Å². The largest absolute Gasteiger partial charge is 0.489 e. The summed E-state index contributed by atoms with van der Waals surface area (Å²) in [5.41, 5.74) is 1.99. The number of benzene rings is 3. The first-order valence-electron chi connectivity index (χ1n) is 10.6. The number of carboxylic acids is 1. The SMILES string of the molecule is CC(C)Cc1ccc(COc2ccc(CNc3cccc(C(=O)O)c3)cc2)cc1C(F)(F)F. The number of carbonyl (C=O) groups is 1. The standard InChI is InChI=1S/C26H26F3NO3/c1-17(2)12-20-9-6-19(13-24(20)26(27,28)29)16-33-23-10-7-18(8-11-23)15-30-22-5-3-4-21(14-22)25(31)32/h3-11,13-14,17,30H,12,15-16H2,1-2H3,(H,31,32). The van der Waals surface area contributed by atoms with Gasteiger partial charge in [0.15, 0.2) is 0 Å². The van der Waals surface area contributed by atoms with Crippen molar-refractivity contribution in [2.24, 2.45) is 5.92 Å². The predicted octanol–water partition coefficient (Wildman–Crippen LogP) is 6.79. The molecule has 174 valence electrons. The second kappa shape index (κ2) is 10.4. The van der Waals surface area contributed by atoms with E-state index in [-0.39, 0.29) is 18.1 Å². The highest BCUT2D eigenvalue weighted by Gasteiger charge is 2.33. The first-order chi connectivity index (χ1) is 15.6. The Kier molecular flexibility index (Phi) is 7.63. The number of ether oxygens (including phenoxy) is 1. The van der Waals surface area contributed by atoms with E-state index in [1.165, 1.54) is 18.2 Å². The summed E-state index contributed by atoms with van der Waals surface area (Å²) in [6, 6.07) is 18.1. The van der Waals surface area contributed by atoms with E-state index in [9.17, 15) is 18.0 Å². The zero-order valence-electron chi connectivity index (χ0n) is 18.4. The van der Waals surface area contributed by atoms with Crippen LogP contribution in [-0.4, -0.2) is 11.1 Å². The summed E-state index contributed by atoms with van der Waals surface area (Å²) in [6.07, 6.45) is -4.04. The fourth-order valence-corrected chi connectivity index (χ4v) is 3.43. The highest BCUT2D eigenvalue weighted by Crippen LogP contribution is 2.34. The third-order valence-electron chi connectivity index (χ3n) is 5.04. The van der Waals surface area contributed by atoms with Crippen molar-refractivity contribution >= 4 is 11.7 Å². The third kappa shape index (κ3) is 7.00. The molecule has 0 bridgehead atoms. The molecule has 0 spiro atoms. The minimum absolute atomic E-state index is 0.0324. The van der Waals surface area contributed by atoms with Crippen molar-refractivity contribution in [3.63, 3.8) is 0 Å². The molecular weight excluding hydrogens is 431 g/mol. The van der Waals surface area contributed by atoms with Crippen LogP contribution in [-0.2, 0) is 25.7 Å². The van der Waals surface area contributed by atoms with Gasteiger partial charge >= 0.3 is 12.1 Å². The van der Waals surface area contributed by atoms with E-state index in [0.29, 0.717) is 35.5 Å². The zero-order valence-corrected chi connectivity index (χ0v) is 18.4. The molecule has 3 aromatic carbocycles. The molecule has 0 atom stereocenters. The molecule has 4 nitrogen and oxygen atoms in total. The molecule has 0 aliphatic rings. The van der Waals surface area contributed by atoms with E-state index in [0.717, 1.165) is 5.56 Å². The lowest BCUT2D eigenvalue weighted by Crippen LogP contribution is -2.12. The van der Waals surface area contributed by atoms with Gasteiger partial charge in [-0.2, -0.15) is 13.2 Å². The predicted molar refractivity (Wildman–Crippen MR) is 121 cm³/mol. The first kappa shape index (κ1) is 24.2. The second-order valence-corrected chi connectivity index (χ2v) is 8.26. The van der Waals surface area contributed by atoms with Gasteiger partial charge in [0.2, 0.25) is 0 Å². The Bertz CT molecular complexity index is 1090. The van der Waals surface area contributed by atoms with Crippen LogP contribution in [0.25, 0.3) is 0 Å². The molecule has 0 fully saturated rings. The molecule has 0 aliphatic heterocycles. The van der Waals surface area contributed by atoms with Gasteiger partial charge in [-0.25, -0.2) is 4.79 Å². The lowest BCUT2D eigenvalue weighted by Gasteiger charge is -2.16. The van der Waals surface area contributed by atoms with Gasteiger partial charge in [-0.15, -0.1) is 0 Å². The van der Waals surface area contributed by atoms with Crippen LogP contribution in [0.2, 0.25) is 0 Å². The monoisotopic (exact) mass is 457 g/mol. The number of carboxylic acid groups (broad SMARTS) is 1. The van der Waals surface area contributed by atoms with Crippen molar-refractivity contribution in [3.8, 4) is 5.75 Å². The molecule has 0 heterocycles. The van der Waals surface area contributed by atoms with E-state index in [1.807, 2.05) is 26.0 Å². The fourth-order valence-electron chi connectivity index (χ4n) is 3.43. The normalized spacial score (nSPS) is 11.5. The molecule has 7 heteroatoms. The maximum atomic E-state index is 13.5. The molecule has 0 aromatic heterocycles. The molecule has 33 heavy (non-hydrogen) atoms. The Morgan fingerprint density at radius 2 is 1.70 bits per heavy atom. The molecule has 3 rings (SSSR count). The quantitative estimate of drug-likeness (QED) is 0.371. The first-order valence-corrected chi connectivity index (χ1v) is 10.6. The molecule has 3 aromatic rings. The summed E-state index contributed by atoms with van der Waals surface area (Å²) < 4.78 is 46.1. The zero-order chi connectivity index (χ0) is 24.0. The van der Waals surface area contributed by atoms with Crippen molar-refractivity contribution in [2.45, 2.75) is 39.6 Å². The molecule has 0 saturated heterocycles. The topological polar surface area (TPSA) is 58.6 Å². The minimum Gasteiger partial charge on any atom is -0.489 e. The summed E-state index contributed by atoms with van der Waals surface area (Å²) in [4.78, 5) is 11.1. The van der Waals surface area contributed by atoms with E-state index in [2.05, 4.69) is 5.32 Å². The van der Waals surface area contributed by atoms with E-state index < -0.39 is 17.7 Å². The Morgan fingerprint density at radius 1 is 1.00 bits per heavy atom. The summed E-state index contributed by atoms with van der Waals surface area (Å²) in [6.45, 7) is 4.30. The van der Waals surface area contributed by atoms with Crippen molar-refractivity contribution in [1.29, 1.82) is 0 Å². The van der Waals surface area contributed by atoms with Gasteiger partial charge in [0, 0.05) is 12.2 Å². The lowest BCUT2D eigenvalue weighted by atomic mass is 9.96. The Hall–Kier alpha value is -3.48. The van der Waals surface area contributed by atoms with Gasteiger partial charge < -0.3 is 15.2 Å². The van der Waals surface area contributed by atoms with Crippen LogP contribution < -0.4 is 10.1 Å². The van der Waals surface area contributed by atoms with Gasteiger partial charge in [0.1, 0.15) is 12.4 Å². The van der Waals surface area contributed by atoms with Crippen LogP contribution in [0.4, 0.5) is 18.9 Å². The van der Waals surface area contributed by atoms with Crippen LogP contribution in [0.3, 0.4) is 0 Å². The van der Waals surface area contributed by atoms with Crippen molar-refractivity contribution < 1.29 is 27.8 Å². The molecular formula is C26H26F3NO3. The van der Waals surface area contributed by atoms with E-state index in [4.69, 9.17) is 9.84 Å². The number of nitrogens with one attached hydrogen (secondary N) is 1. The molecule has 0 radical (unpaired) electrons. The van der Waals surface area contributed by atoms with Gasteiger partial charge in [-0.3, -0.25) is 0 Å². The molecule has 0 saturated carbocycles. The number of halogens is 3.